The summed E-state index contributed by atoms with van der Waals surface area (Å²) in [6.07, 6.45) is 16.5. The van der Waals surface area contributed by atoms with E-state index < -0.39 is 6.04 Å². The normalized spacial score (nSPS) is 12.2. The molecule has 4 heteroatoms. The number of amides is 1. The molecule has 1 atom stereocenters. The van der Waals surface area contributed by atoms with Crippen molar-refractivity contribution in [2.75, 3.05) is 6.61 Å². The van der Waals surface area contributed by atoms with Gasteiger partial charge in [0.25, 0.3) is 0 Å². The molecule has 27 heavy (non-hydrogen) atoms. The summed E-state index contributed by atoms with van der Waals surface area (Å²) in [5, 5.41) is 2.78. The summed E-state index contributed by atoms with van der Waals surface area (Å²) in [5.41, 5.74) is 0. The minimum atomic E-state index is -0.505. The molecule has 0 aromatic heterocycles. The van der Waals surface area contributed by atoms with E-state index in [9.17, 15) is 9.59 Å². The van der Waals surface area contributed by atoms with Crippen LogP contribution in [-0.4, -0.2) is 24.5 Å². The van der Waals surface area contributed by atoms with Gasteiger partial charge in [-0.25, -0.2) is 4.79 Å². The zero-order chi connectivity index (χ0) is 20.3. The van der Waals surface area contributed by atoms with Gasteiger partial charge in [0.1, 0.15) is 6.04 Å². The lowest BCUT2D eigenvalue weighted by Gasteiger charge is -2.19. The maximum absolute atomic E-state index is 12.2. The topological polar surface area (TPSA) is 55.4 Å². The van der Waals surface area contributed by atoms with Crippen molar-refractivity contribution in [2.45, 2.75) is 124 Å². The first kappa shape index (κ1) is 25.9. The molecule has 0 radical (unpaired) electrons. The molecule has 0 aromatic carbocycles. The summed E-state index contributed by atoms with van der Waals surface area (Å²) in [7, 11) is 0. The molecule has 0 heterocycles. The first-order valence-corrected chi connectivity index (χ1v) is 11.5. The number of rotatable bonds is 18. The van der Waals surface area contributed by atoms with Gasteiger partial charge in [-0.05, 0) is 18.8 Å². The molecule has 0 aliphatic heterocycles. The van der Waals surface area contributed by atoms with Gasteiger partial charge in [0.15, 0.2) is 0 Å². The van der Waals surface area contributed by atoms with Crippen LogP contribution in [0.1, 0.15) is 118 Å². The second kappa shape index (κ2) is 18.3. The fourth-order valence-electron chi connectivity index (χ4n) is 3.20. The van der Waals surface area contributed by atoms with Gasteiger partial charge >= 0.3 is 5.97 Å². The third-order valence-electron chi connectivity index (χ3n) is 4.89. The summed E-state index contributed by atoms with van der Waals surface area (Å²) < 4.78 is 5.39. The van der Waals surface area contributed by atoms with Crippen LogP contribution in [0.15, 0.2) is 0 Å². The molecule has 0 spiro atoms. The molecule has 0 fully saturated rings. The standard InChI is InChI=1S/C23H45NO3/c1-5-7-8-9-10-11-12-13-14-15-16-17-18-27-23(26)21(19-20(3)4)24-22(25)6-2/h20-21H,5-19H2,1-4H3,(H,24,25). The Morgan fingerprint density at radius 3 is 1.70 bits per heavy atom. The minimum Gasteiger partial charge on any atom is -0.464 e. The number of esters is 1. The van der Waals surface area contributed by atoms with E-state index in [1.54, 1.807) is 6.92 Å². The van der Waals surface area contributed by atoms with Crippen molar-refractivity contribution in [2.24, 2.45) is 5.92 Å². The Labute approximate surface area is 168 Å². The second-order valence-electron chi connectivity index (χ2n) is 8.16. The van der Waals surface area contributed by atoms with E-state index in [1.807, 2.05) is 13.8 Å². The Morgan fingerprint density at radius 2 is 1.26 bits per heavy atom. The summed E-state index contributed by atoms with van der Waals surface area (Å²) in [4.78, 5) is 23.8. The van der Waals surface area contributed by atoms with Gasteiger partial charge in [-0.1, -0.05) is 98.3 Å². The van der Waals surface area contributed by atoms with Crippen molar-refractivity contribution < 1.29 is 14.3 Å². The molecule has 4 nitrogen and oxygen atoms in total. The van der Waals surface area contributed by atoms with Crippen molar-refractivity contribution >= 4 is 11.9 Å². The fraction of sp³-hybridized carbons (Fsp3) is 0.913. The third kappa shape index (κ3) is 16.8. The average molecular weight is 384 g/mol. The summed E-state index contributed by atoms with van der Waals surface area (Å²) in [5.74, 6) is -0.0390. The lowest BCUT2D eigenvalue weighted by Crippen LogP contribution is -2.42. The molecule has 0 aliphatic carbocycles. The highest BCUT2D eigenvalue weighted by molar-refractivity contribution is 5.84. The summed E-state index contributed by atoms with van der Waals surface area (Å²) >= 11 is 0. The van der Waals surface area contributed by atoms with Gasteiger partial charge in [0.2, 0.25) is 5.91 Å². The Kier molecular flexibility index (Phi) is 17.6. The summed E-state index contributed by atoms with van der Waals surface area (Å²) in [6, 6.07) is -0.505. The molecule has 1 amide bonds. The highest BCUT2D eigenvalue weighted by atomic mass is 16.5. The van der Waals surface area contributed by atoms with E-state index in [4.69, 9.17) is 4.74 Å². The van der Waals surface area contributed by atoms with Crippen molar-refractivity contribution in [1.29, 1.82) is 0 Å². The number of carbonyl (C=O) groups excluding carboxylic acids is 2. The lowest BCUT2D eigenvalue weighted by molar-refractivity contribution is -0.148. The van der Waals surface area contributed by atoms with Crippen LogP contribution in [0.3, 0.4) is 0 Å². The molecule has 1 unspecified atom stereocenters. The quantitative estimate of drug-likeness (QED) is 0.227. The van der Waals surface area contributed by atoms with Gasteiger partial charge in [0, 0.05) is 6.42 Å². The predicted molar refractivity (Wildman–Crippen MR) is 114 cm³/mol. The highest BCUT2D eigenvalue weighted by Gasteiger charge is 2.22. The van der Waals surface area contributed by atoms with Crippen LogP contribution in [0.5, 0.6) is 0 Å². The smallest absolute Gasteiger partial charge is 0.328 e. The van der Waals surface area contributed by atoms with Crippen LogP contribution in [0.25, 0.3) is 0 Å². The average Bonchev–Trinajstić information content (AvgIpc) is 2.64. The van der Waals surface area contributed by atoms with Gasteiger partial charge in [0.05, 0.1) is 6.61 Å². The van der Waals surface area contributed by atoms with E-state index >= 15 is 0 Å². The van der Waals surface area contributed by atoms with E-state index in [1.165, 1.54) is 64.2 Å². The van der Waals surface area contributed by atoms with E-state index in [0.29, 0.717) is 25.4 Å². The predicted octanol–water partition coefficient (Wildman–Crippen LogP) is 6.17. The van der Waals surface area contributed by atoms with Crippen molar-refractivity contribution in [3.05, 3.63) is 0 Å². The van der Waals surface area contributed by atoms with E-state index in [-0.39, 0.29) is 11.9 Å². The minimum absolute atomic E-state index is 0.0945. The Balaban J connectivity index is 3.63. The zero-order valence-electron chi connectivity index (χ0n) is 18.5. The summed E-state index contributed by atoms with van der Waals surface area (Å²) in [6.45, 7) is 8.61. The number of carbonyl (C=O) groups is 2. The molecule has 160 valence electrons. The molecule has 0 aliphatic rings. The van der Waals surface area contributed by atoms with E-state index in [2.05, 4.69) is 12.2 Å². The third-order valence-corrected chi connectivity index (χ3v) is 4.89. The van der Waals surface area contributed by atoms with Crippen molar-refractivity contribution in [3.8, 4) is 0 Å². The number of ether oxygens (including phenoxy) is 1. The monoisotopic (exact) mass is 383 g/mol. The van der Waals surface area contributed by atoms with Crippen molar-refractivity contribution in [1.82, 2.24) is 5.32 Å². The molecular weight excluding hydrogens is 338 g/mol. The van der Waals surface area contributed by atoms with Crippen LogP contribution < -0.4 is 5.32 Å². The molecule has 0 saturated carbocycles. The Hall–Kier alpha value is -1.06. The fourth-order valence-corrected chi connectivity index (χ4v) is 3.20. The largest absolute Gasteiger partial charge is 0.464 e. The maximum Gasteiger partial charge on any atom is 0.328 e. The molecule has 0 rings (SSSR count). The van der Waals surface area contributed by atoms with Crippen molar-refractivity contribution in [3.63, 3.8) is 0 Å². The maximum atomic E-state index is 12.2. The number of hydrogen-bond acceptors (Lipinski definition) is 3. The van der Waals surface area contributed by atoms with Gasteiger partial charge in [-0.2, -0.15) is 0 Å². The van der Waals surface area contributed by atoms with Crippen LogP contribution in [0, 0.1) is 5.92 Å². The molecule has 0 bridgehead atoms. The number of hydrogen-bond donors (Lipinski definition) is 1. The van der Waals surface area contributed by atoms with Crippen LogP contribution in [0.4, 0.5) is 0 Å². The van der Waals surface area contributed by atoms with E-state index in [0.717, 1.165) is 12.8 Å². The van der Waals surface area contributed by atoms with Gasteiger partial charge in [-0.3, -0.25) is 4.79 Å². The number of unbranched alkanes of at least 4 members (excludes halogenated alkanes) is 11. The first-order valence-electron chi connectivity index (χ1n) is 11.5. The van der Waals surface area contributed by atoms with Crippen LogP contribution in [-0.2, 0) is 14.3 Å². The molecule has 0 saturated heterocycles. The lowest BCUT2D eigenvalue weighted by atomic mass is 10.0. The van der Waals surface area contributed by atoms with Crippen LogP contribution in [0.2, 0.25) is 0 Å². The molecular formula is C23H45NO3. The van der Waals surface area contributed by atoms with Crippen LogP contribution >= 0.6 is 0 Å². The zero-order valence-corrected chi connectivity index (χ0v) is 18.5. The SMILES string of the molecule is CCCCCCCCCCCCCCOC(=O)C(CC(C)C)NC(=O)CC. The second-order valence-corrected chi connectivity index (χ2v) is 8.16. The Morgan fingerprint density at radius 1 is 0.778 bits per heavy atom. The molecule has 1 N–H and O–H groups in total. The highest BCUT2D eigenvalue weighted by Crippen LogP contribution is 2.12. The Bertz CT molecular complexity index is 369. The van der Waals surface area contributed by atoms with Gasteiger partial charge < -0.3 is 10.1 Å². The number of nitrogens with one attached hydrogen (secondary N) is 1. The molecule has 0 aromatic rings. The van der Waals surface area contributed by atoms with Gasteiger partial charge in [-0.15, -0.1) is 0 Å². The first-order chi connectivity index (χ1) is 13.0.